The van der Waals surface area contributed by atoms with Gasteiger partial charge in [-0.3, -0.25) is 4.79 Å². The van der Waals surface area contributed by atoms with E-state index in [1.807, 2.05) is 54.2 Å². The highest BCUT2D eigenvalue weighted by Crippen LogP contribution is 2.18. The number of aromatic nitrogens is 4. The molecule has 1 aliphatic heterocycles. The molecule has 128 valence electrons. The number of rotatable bonds is 3. The molecule has 3 aromatic rings. The molecule has 0 aliphatic carbocycles. The summed E-state index contributed by atoms with van der Waals surface area (Å²) in [6.07, 6.45) is 5.71. The number of benzene rings is 1. The fourth-order valence-electron chi connectivity index (χ4n) is 3.37. The SMILES string of the molecule is Cc1ccc(C(=O)N[C@H]2CCc3nnc(C)n3C2)cc1-n1cccc1. The zero-order valence-corrected chi connectivity index (χ0v) is 14.4. The van der Waals surface area contributed by atoms with Gasteiger partial charge >= 0.3 is 0 Å². The van der Waals surface area contributed by atoms with E-state index in [1.165, 1.54) is 0 Å². The van der Waals surface area contributed by atoms with Crippen molar-refractivity contribution in [3.05, 3.63) is 65.5 Å². The highest BCUT2D eigenvalue weighted by Gasteiger charge is 2.23. The molecular weight excluding hydrogens is 314 g/mol. The van der Waals surface area contributed by atoms with Gasteiger partial charge in [-0.15, -0.1) is 10.2 Å². The first-order valence-electron chi connectivity index (χ1n) is 8.55. The second kappa shape index (κ2) is 6.20. The summed E-state index contributed by atoms with van der Waals surface area (Å²) in [6, 6.07) is 9.89. The number of hydrogen-bond acceptors (Lipinski definition) is 3. The number of nitrogens with one attached hydrogen (secondary N) is 1. The summed E-state index contributed by atoms with van der Waals surface area (Å²) in [5.41, 5.74) is 2.84. The van der Waals surface area contributed by atoms with Crippen molar-refractivity contribution in [3.8, 4) is 5.69 Å². The Morgan fingerprint density at radius 1 is 1.20 bits per heavy atom. The average Bonchev–Trinajstić information content (AvgIpc) is 3.26. The maximum Gasteiger partial charge on any atom is 0.251 e. The summed E-state index contributed by atoms with van der Waals surface area (Å²) in [4.78, 5) is 12.7. The van der Waals surface area contributed by atoms with E-state index in [1.54, 1.807) is 0 Å². The van der Waals surface area contributed by atoms with Gasteiger partial charge in [-0.2, -0.15) is 0 Å². The van der Waals surface area contributed by atoms with Crippen LogP contribution in [0.4, 0.5) is 0 Å². The Bertz CT molecular complexity index is 910. The zero-order valence-electron chi connectivity index (χ0n) is 14.4. The summed E-state index contributed by atoms with van der Waals surface area (Å²) in [5, 5.41) is 11.5. The summed E-state index contributed by atoms with van der Waals surface area (Å²) >= 11 is 0. The molecule has 25 heavy (non-hydrogen) atoms. The van der Waals surface area contributed by atoms with Gasteiger partial charge in [0.1, 0.15) is 11.6 Å². The van der Waals surface area contributed by atoms with E-state index in [0.717, 1.165) is 42.3 Å². The third kappa shape index (κ3) is 2.95. The van der Waals surface area contributed by atoms with Crippen LogP contribution in [0.5, 0.6) is 0 Å². The van der Waals surface area contributed by atoms with Crippen LogP contribution in [-0.2, 0) is 13.0 Å². The molecule has 0 unspecified atom stereocenters. The van der Waals surface area contributed by atoms with Gasteiger partial charge in [0.2, 0.25) is 0 Å². The summed E-state index contributed by atoms with van der Waals surface area (Å²) in [7, 11) is 0. The van der Waals surface area contributed by atoms with Crippen LogP contribution in [0.15, 0.2) is 42.7 Å². The van der Waals surface area contributed by atoms with Crippen molar-refractivity contribution in [1.82, 2.24) is 24.6 Å². The molecule has 1 N–H and O–H groups in total. The Morgan fingerprint density at radius 3 is 2.80 bits per heavy atom. The van der Waals surface area contributed by atoms with E-state index < -0.39 is 0 Å². The molecule has 0 bridgehead atoms. The average molecular weight is 335 g/mol. The fourth-order valence-corrected chi connectivity index (χ4v) is 3.37. The third-order valence-electron chi connectivity index (χ3n) is 4.82. The number of nitrogens with zero attached hydrogens (tertiary/aromatic N) is 4. The van der Waals surface area contributed by atoms with Crippen molar-refractivity contribution in [2.24, 2.45) is 0 Å². The fraction of sp³-hybridized carbons (Fsp3) is 0.316. The van der Waals surface area contributed by atoms with Crippen molar-refractivity contribution in [1.29, 1.82) is 0 Å². The quantitative estimate of drug-likeness (QED) is 0.799. The van der Waals surface area contributed by atoms with Crippen molar-refractivity contribution >= 4 is 5.91 Å². The second-order valence-electron chi connectivity index (χ2n) is 6.57. The number of aryl methyl sites for hydroxylation is 3. The van der Waals surface area contributed by atoms with Crippen molar-refractivity contribution in [3.63, 3.8) is 0 Å². The Labute approximate surface area is 146 Å². The first-order valence-corrected chi connectivity index (χ1v) is 8.55. The lowest BCUT2D eigenvalue weighted by Gasteiger charge is -2.25. The molecular formula is C19H21N5O. The number of fused-ring (bicyclic) bond motifs is 1. The second-order valence-corrected chi connectivity index (χ2v) is 6.57. The van der Waals surface area contributed by atoms with Crippen LogP contribution in [-0.4, -0.2) is 31.3 Å². The van der Waals surface area contributed by atoms with Gasteiger partial charge in [0.15, 0.2) is 0 Å². The van der Waals surface area contributed by atoms with Crippen LogP contribution in [0.2, 0.25) is 0 Å². The standard InChI is InChI=1S/C19H21N5O/c1-13-5-6-15(11-17(13)23-9-3-4-10-23)19(25)20-16-7-8-18-22-21-14(2)24(18)12-16/h3-6,9-11,16H,7-8,12H2,1-2H3,(H,20,25)/t16-/m0/s1. The van der Waals surface area contributed by atoms with E-state index in [2.05, 4.69) is 27.0 Å². The van der Waals surface area contributed by atoms with E-state index in [9.17, 15) is 4.79 Å². The predicted octanol–water partition coefficient (Wildman–Crippen LogP) is 2.43. The van der Waals surface area contributed by atoms with Gasteiger partial charge in [0.25, 0.3) is 5.91 Å². The molecule has 0 spiro atoms. The smallest absolute Gasteiger partial charge is 0.251 e. The number of carbonyl (C=O) groups excluding carboxylic acids is 1. The van der Waals surface area contributed by atoms with Crippen molar-refractivity contribution < 1.29 is 4.79 Å². The number of hydrogen-bond donors (Lipinski definition) is 1. The third-order valence-corrected chi connectivity index (χ3v) is 4.82. The lowest BCUT2D eigenvalue weighted by molar-refractivity contribution is 0.0927. The normalized spacial score (nSPS) is 16.5. The molecule has 6 nitrogen and oxygen atoms in total. The first kappa shape index (κ1) is 15.6. The van der Waals surface area contributed by atoms with E-state index >= 15 is 0 Å². The molecule has 4 rings (SSSR count). The van der Waals surface area contributed by atoms with E-state index in [-0.39, 0.29) is 11.9 Å². The van der Waals surface area contributed by atoms with Gasteiger partial charge in [-0.05, 0) is 50.1 Å². The predicted molar refractivity (Wildman–Crippen MR) is 94.8 cm³/mol. The Kier molecular flexibility index (Phi) is 3.87. The molecule has 1 atom stereocenters. The summed E-state index contributed by atoms with van der Waals surface area (Å²) in [6.45, 7) is 4.73. The van der Waals surface area contributed by atoms with Crippen LogP contribution in [0, 0.1) is 13.8 Å². The minimum absolute atomic E-state index is 0.0346. The Balaban J connectivity index is 1.52. The largest absolute Gasteiger partial charge is 0.347 e. The molecule has 1 amide bonds. The molecule has 0 saturated carbocycles. The van der Waals surface area contributed by atoms with Crippen LogP contribution in [0.1, 0.15) is 34.0 Å². The molecule has 0 radical (unpaired) electrons. The van der Waals surface area contributed by atoms with Gasteiger partial charge in [-0.1, -0.05) is 6.07 Å². The minimum Gasteiger partial charge on any atom is -0.347 e. The van der Waals surface area contributed by atoms with Crippen LogP contribution < -0.4 is 5.32 Å². The van der Waals surface area contributed by atoms with Crippen LogP contribution in [0.3, 0.4) is 0 Å². The number of carbonyl (C=O) groups is 1. The van der Waals surface area contributed by atoms with Crippen molar-refractivity contribution in [2.45, 2.75) is 39.3 Å². The van der Waals surface area contributed by atoms with E-state index in [4.69, 9.17) is 0 Å². The Morgan fingerprint density at radius 2 is 2.00 bits per heavy atom. The highest BCUT2D eigenvalue weighted by atomic mass is 16.1. The van der Waals surface area contributed by atoms with Crippen LogP contribution >= 0.6 is 0 Å². The summed E-state index contributed by atoms with van der Waals surface area (Å²) < 4.78 is 4.12. The molecule has 0 saturated heterocycles. The topological polar surface area (TPSA) is 64.7 Å². The lowest BCUT2D eigenvalue weighted by atomic mass is 10.1. The number of amides is 1. The lowest BCUT2D eigenvalue weighted by Crippen LogP contribution is -2.41. The monoisotopic (exact) mass is 335 g/mol. The first-order chi connectivity index (χ1) is 12.1. The van der Waals surface area contributed by atoms with Crippen molar-refractivity contribution in [2.75, 3.05) is 0 Å². The van der Waals surface area contributed by atoms with E-state index in [0.29, 0.717) is 5.56 Å². The maximum absolute atomic E-state index is 12.7. The molecule has 1 aromatic carbocycles. The highest BCUT2D eigenvalue weighted by molar-refractivity contribution is 5.95. The van der Waals surface area contributed by atoms with Gasteiger partial charge in [-0.25, -0.2) is 0 Å². The zero-order chi connectivity index (χ0) is 17.4. The van der Waals surface area contributed by atoms with Crippen LogP contribution in [0.25, 0.3) is 5.69 Å². The molecule has 3 heterocycles. The van der Waals surface area contributed by atoms with Gasteiger partial charge in [0, 0.05) is 42.7 Å². The minimum atomic E-state index is -0.0346. The summed E-state index contributed by atoms with van der Waals surface area (Å²) in [5.74, 6) is 1.87. The molecule has 6 heteroatoms. The molecule has 0 fully saturated rings. The Hall–Kier alpha value is -2.89. The van der Waals surface area contributed by atoms with Gasteiger partial charge < -0.3 is 14.5 Å². The van der Waals surface area contributed by atoms with Gasteiger partial charge in [0.05, 0.1) is 0 Å². The molecule has 2 aromatic heterocycles. The maximum atomic E-state index is 12.7. The molecule has 1 aliphatic rings.